The van der Waals surface area contributed by atoms with E-state index < -0.39 is 8.07 Å². The van der Waals surface area contributed by atoms with Gasteiger partial charge in [0.25, 0.3) is 0 Å². The van der Waals surface area contributed by atoms with Gasteiger partial charge in [0, 0.05) is 23.7 Å². The molecule has 0 saturated carbocycles. The lowest BCUT2D eigenvalue weighted by molar-refractivity contribution is -0.143. The Bertz CT molecular complexity index is 282. The van der Waals surface area contributed by atoms with Crippen molar-refractivity contribution in [2.24, 2.45) is 0 Å². The third kappa shape index (κ3) is 8.59. The quantitative estimate of drug-likeness (QED) is 0.284. The summed E-state index contributed by atoms with van der Waals surface area (Å²) >= 11 is 0. The average Bonchev–Trinajstić information content (AvgIpc) is 2.93. The van der Waals surface area contributed by atoms with Gasteiger partial charge in [-0.15, -0.1) is 0 Å². The highest BCUT2D eigenvalue weighted by Crippen LogP contribution is 2.39. The van der Waals surface area contributed by atoms with Crippen LogP contribution in [0, 0.1) is 0 Å². The molecule has 6 heteroatoms. The average molecular weight is 337 g/mol. The van der Waals surface area contributed by atoms with Crippen LogP contribution in [0.3, 0.4) is 0 Å². The second kappa shape index (κ2) is 10.1. The van der Waals surface area contributed by atoms with Crippen LogP contribution in [0.2, 0.25) is 19.1 Å². The SMILES string of the molecule is C[Si](C)(CO)CCCOC(=O)CCCCC1CCSS1. The molecular weight excluding hydrogens is 308 g/mol. The van der Waals surface area contributed by atoms with Gasteiger partial charge in [0.1, 0.15) is 0 Å². The number of aliphatic hydroxyl groups excluding tert-OH is 1. The highest BCUT2D eigenvalue weighted by atomic mass is 33.1. The minimum absolute atomic E-state index is 0.0538. The van der Waals surface area contributed by atoms with E-state index in [0.717, 1.165) is 30.6 Å². The Morgan fingerprint density at radius 2 is 2.15 bits per heavy atom. The van der Waals surface area contributed by atoms with Crippen LogP contribution in [0.5, 0.6) is 0 Å². The van der Waals surface area contributed by atoms with Crippen LogP contribution < -0.4 is 0 Å². The van der Waals surface area contributed by atoms with E-state index in [1.807, 2.05) is 21.6 Å². The molecule has 1 heterocycles. The maximum atomic E-state index is 11.6. The first-order chi connectivity index (χ1) is 9.53. The molecule has 1 aliphatic rings. The van der Waals surface area contributed by atoms with Gasteiger partial charge >= 0.3 is 5.97 Å². The number of hydrogen-bond donors (Lipinski definition) is 1. The topological polar surface area (TPSA) is 46.5 Å². The lowest BCUT2D eigenvalue weighted by Gasteiger charge is -2.18. The number of aliphatic hydroxyl groups is 1. The standard InChI is InChI=1S/C14H28O3S2Si/c1-20(2,12-15)11-5-9-17-14(16)7-4-3-6-13-8-10-18-19-13/h13,15H,3-12H2,1-2H3. The number of hydrogen-bond acceptors (Lipinski definition) is 5. The molecule has 20 heavy (non-hydrogen) atoms. The fourth-order valence-electron chi connectivity index (χ4n) is 2.09. The van der Waals surface area contributed by atoms with Crippen LogP contribution in [-0.2, 0) is 9.53 Å². The van der Waals surface area contributed by atoms with E-state index in [1.54, 1.807) is 0 Å². The van der Waals surface area contributed by atoms with Gasteiger partial charge in [0.05, 0.1) is 14.7 Å². The monoisotopic (exact) mass is 336 g/mol. The molecule has 1 unspecified atom stereocenters. The van der Waals surface area contributed by atoms with Gasteiger partial charge in [-0.2, -0.15) is 0 Å². The summed E-state index contributed by atoms with van der Waals surface area (Å²) < 4.78 is 5.25. The molecule has 0 aromatic heterocycles. The summed E-state index contributed by atoms with van der Waals surface area (Å²) in [6.07, 6.45) is 6.42. The minimum atomic E-state index is -1.44. The number of rotatable bonds is 10. The number of carbonyl (C=O) groups excluding carboxylic acids is 1. The van der Waals surface area contributed by atoms with E-state index in [2.05, 4.69) is 13.1 Å². The Morgan fingerprint density at radius 3 is 2.80 bits per heavy atom. The smallest absolute Gasteiger partial charge is 0.305 e. The van der Waals surface area contributed by atoms with Crippen molar-refractivity contribution in [1.29, 1.82) is 0 Å². The normalized spacial score (nSPS) is 19.2. The predicted molar refractivity (Wildman–Crippen MR) is 91.9 cm³/mol. The molecule has 0 aromatic carbocycles. The zero-order valence-corrected chi connectivity index (χ0v) is 15.4. The van der Waals surface area contributed by atoms with Crippen LogP contribution in [0.15, 0.2) is 0 Å². The lowest BCUT2D eigenvalue weighted by Crippen LogP contribution is -2.31. The van der Waals surface area contributed by atoms with Crippen molar-refractivity contribution < 1.29 is 14.6 Å². The highest BCUT2D eigenvalue weighted by molar-refractivity contribution is 8.77. The molecule has 1 saturated heterocycles. The van der Waals surface area contributed by atoms with Crippen LogP contribution in [0.4, 0.5) is 0 Å². The summed E-state index contributed by atoms with van der Waals surface area (Å²) in [5.74, 6) is 1.23. The fourth-order valence-corrected chi connectivity index (χ4v) is 6.38. The van der Waals surface area contributed by atoms with E-state index in [0.29, 0.717) is 19.3 Å². The van der Waals surface area contributed by atoms with Crippen molar-refractivity contribution in [2.75, 3.05) is 18.6 Å². The Labute approximate surface area is 132 Å². The van der Waals surface area contributed by atoms with E-state index in [9.17, 15) is 9.90 Å². The van der Waals surface area contributed by atoms with Crippen molar-refractivity contribution in [3.8, 4) is 0 Å². The van der Waals surface area contributed by atoms with E-state index >= 15 is 0 Å². The Hall–Kier alpha value is 0.347. The molecular formula is C14H28O3S2Si. The molecule has 1 fully saturated rings. The molecule has 1 rings (SSSR count). The third-order valence-corrected chi connectivity index (χ3v) is 9.14. The van der Waals surface area contributed by atoms with Gasteiger partial charge in [-0.25, -0.2) is 0 Å². The third-order valence-electron chi connectivity index (χ3n) is 3.57. The van der Waals surface area contributed by atoms with Crippen molar-refractivity contribution in [3.63, 3.8) is 0 Å². The number of unbranched alkanes of at least 4 members (excludes halogenated alkanes) is 1. The van der Waals surface area contributed by atoms with Gasteiger partial charge in [0.2, 0.25) is 0 Å². The van der Waals surface area contributed by atoms with Crippen molar-refractivity contribution in [1.82, 2.24) is 0 Å². The van der Waals surface area contributed by atoms with Crippen LogP contribution in [-0.4, -0.2) is 43.0 Å². The zero-order valence-electron chi connectivity index (χ0n) is 12.7. The minimum Gasteiger partial charge on any atom is -0.466 e. The second-order valence-corrected chi connectivity index (χ2v) is 14.2. The van der Waals surface area contributed by atoms with Crippen molar-refractivity contribution in [2.45, 2.75) is 62.9 Å². The molecule has 0 aliphatic carbocycles. The van der Waals surface area contributed by atoms with E-state index in [4.69, 9.17) is 4.74 Å². The van der Waals surface area contributed by atoms with Gasteiger partial charge in [0.15, 0.2) is 0 Å². The largest absolute Gasteiger partial charge is 0.466 e. The van der Waals surface area contributed by atoms with Gasteiger partial charge in [-0.3, -0.25) is 4.79 Å². The summed E-state index contributed by atoms with van der Waals surface area (Å²) in [4.78, 5) is 11.6. The number of carbonyl (C=O) groups is 1. The molecule has 0 bridgehead atoms. The summed E-state index contributed by atoms with van der Waals surface area (Å²) in [5, 5.41) is 9.99. The summed E-state index contributed by atoms with van der Waals surface area (Å²) in [6, 6.07) is 1.02. The number of esters is 1. The number of ether oxygens (including phenoxy) is 1. The molecule has 1 atom stereocenters. The zero-order chi connectivity index (χ0) is 14.8. The first-order valence-electron chi connectivity index (χ1n) is 7.58. The van der Waals surface area contributed by atoms with Crippen LogP contribution >= 0.6 is 21.6 Å². The van der Waals surface area contributed by atoms with Crippen LogP contribution in [0.25, 0.3) is 0 Å². The summed E-state index contributed by atoms with van der Waals surface area (Å²) in [7, 11) is 2.55. The van der Waals surface area contributed by atoms with Crippen molar-refractivity contribution in [3.05, 3.63) is 0 Å². The molecule has 1 N–H and O–H groups in total. The van der Waals surface area contributed by atoms with Gasteiger partial charge in [-0.05, 0) is 25.7 Å². The molecule has 0 aromatic rings. The van der Waals surface area contributed by atoms with Gasteiger partial charge < -0.3 is 9.84 Å². The molecule has 118 valence electrons. The molecule has 0 amide bonds. The van der Waals surface area contributed by atoms with E-state index in [1.165, 1.54) is 18.6 Å². The molecule has 3 nitrogen and oxygen atoms in total. The summed E-state index contributed by atoms with van der Waals surface area (Å²) in [5.41, 5.74) is 0. The lowest BCUT2D eigenvalue weighted by atomic mass is 10.1. The summed E-state index contributed by atoms with van der Waals surface area (Å²) in [6.45, 7) is 4.84. The maximum absolute atomic E-state index is 11.6. The second-order valence-electron chi connectivity index (χ2n) is 6.22. The van der Waals surface area contributed by atoms with E-state index in [-0.39, 0.29) is 5.97 Å². The fraction of sp³-hybridized carbons (Fsp3) is 0.929. The highest BCUT2D eigenvalue weighted by Gasteiger charge is 2.19. The predicted octanol–water partition coefficient (Wildman–Crippen LogP) is 3.87. The molecule has 0 radical (unpaired) electrons. The van der Waals surface area contributed by atoms with Crippen molar-refractivity contribution >= 4 is 35.6 Å². The first kappa shape index (κ1) is 18.4. The van der Waals surface area contributed by atoms with Crippen LogP contribution in [0.1, 0.15) is 38.5 Å². The van der Waals surface area contributed by atoms with Gasteiger partial charge in [-0.1, -0.05) is 47.1 Å². The molecule has 0 spiro atoms. The Kier molecular flexibility index (Phi) is 9.32. The Morgan fingerprint density at radius 1 is 1.35 bits per heavy atom. The first-order valence-corrected chi connectivity index (χ1v) is 13.4. The maximum Gasteiger partial charge on any atom is 0.305 e. The Balaban J connectivity index is 1.92. The molecule has 1 aliphatic heterocycles.